The number of hydrogen-bond acceptors (Lipinski definition) is 5. The maximum atomic E-state index is 11.1. The molecule has 7 nitrogen and oxygen atoms in total. The van der Waals surface area contributed by atoms with Crippen LogP contribution in [0.2, 0.25) is 0 Å². The zero-order chi connectivity index (χ0) is 19.0. The first-order chi connectivity index (χ1) is 12.9. The molecule has 3 atom stereocenters. The quantitative estimate of drug-likeness (QED) is 0.856. The second kappa shape index (κ2) is 7.24. The van der Waals surface area contributed by atoms with Gasteiger partial charge in [-0.3, -0.25) is 0 Å². The summed E-state index contributed by atoms with van der Waals surface area (Å²) in [5.74, 6) is 3.70. The van der Waals surface area contributed by atoms with Gasteiger partial charge in [0.25, 0.3) is 0 Å². The average molecular weight is 374 g/mol. The molecule has 148 valence electrons. The first kappa shape index (κ1) is 18.4. The molecule has 4 rings (SSSR count). The molecular formula is C20H31N5O2. The Labute approximate surface area is 161 Å². The van der Waals surface area contributed by atoms with Crippen molar-refractivity contribution in [1.29, 1.82) is 0 Å². The van der Waals surface area contributed by atoms with Crippen LogP contribution >= 0.6 is 0 Å². The molecule has 0 radical (unpaired) electrons. The summed E-state index contributed by atoms with van der Waals surface area (Å²) in [6.07, 6.45) is 8.53. The van der Waals surface area contributed by atoms with E-state index in [1.165, 1.54) is 43.4 Å². The van der Waals surface area contributed by atoms with Crippen molar-refractivity contribution >= 4 is 12.0 Å². The molecule has 1 saturated heterocycles. The standard InChI is InChI=1S/C20H31N5O2/c1-20(2)7-3-4-14-5-6-15(12-16(14)20)17-21-13-22-18(23-17)24-8-10-25(11-9-24)19(26)27/h13-16H,3-12H2,1-2H3,(H,26,27). The highest BCUT2D eigenvalue weighted by Crippen LogP contribution is 2.53. The minimum absolute atomic E-state index is 0.421. The third kappa shape index (κ3) is 3.73. The van der Waals surface area contributed by atoms with E-state index in [9.17, 15) is 4.79 Å². The Morgan fingerprint density at radius 3 is 2.67 bits per heavy atom. The number of fused-ring (bicyclic) bond motifs is 1. The molecule has 1 aliphatic heterocycles. The number of anilines is 1. The summed E-state index contributed by atoms with van der Waals surface area (Å²) < 4.78 is 0. The molecule has 3 aliphatic rings. The zero-order valence-electron chi connectivity index (χ0n) is 16.5. The van der Waals surface area contributed by atoms with Crippen molar-refractivity contribution in [3.63, 3.8) is 0 Å². The van der Waals surface area contributed by atoms with Gasteiger partial charge in [-0.25, -0.2) is 14.8 Å². The molecule has 2 aliphatic carbocycles. The molecule has 1 aromatic rings. The van der Waals surface area contributed by atoms with Crippen LogP contribution in [0.5, 0.6) is 0 Å². The number of nitrogens with zero attached hydrogens (tertiary/aromatic N) is 5. The fraction of sp³-hybridized carbons (Fsp3) is 0.800. The van der Waals surface area contributed by atoms with Crippen LogP contribution in [0.1, 0.15) is 64.1 Å². The number of amides is 1. The summed E-state index contributed by atoms with van der Waals surface area (Å²) in [7, 11) is 0. The van der Waals surface area contributed by atoms with Crippen LogP contribution in [0.4, 0.5) is 10.7 Å². The van der Waals surface area contributed by atoms with E-state index in [0.717, 1.165) is 17.7 Å². The summed E-state index contributed by atoms with van der Waals surface area (Å²) in [4.78, 5) is 28.3. The van der Waals surface area contributed by atoms with Crippen molar-refractivity contribution in [2.75, 3.05) is 31.1 Å². The van der Waals surface area contributed by atoms with Gasteiger partial charge in [0.15, 0.2) is 0 Å². The van der Waals surface area contributed by atoms with E-state index in [2.05, 4.69) is 28.7 Å². The predicted octanol–water partition coefficient (Wildman–Crippen LogP) is 3.38. The van der Waals surface area contributed by atoms with Crippen LogP contribution in [0, 0.1) is 17.3 Å². The normalized spacial score (nSPS) is 30.7. The Morgan fingerprint density at radius 2 is 1.93 bits per heavy atom. The largest absolute Gasteiger partial charge is 0.465 e. The minimum atomic E-state index is -0.849. The van der Waals surface area contributed by atoms with E-state index >= 15 is 0 Å². The summed E-state index contributed by atoms with van der Waals surface area (Å²) in [6, 6.07) is 0. The van der Waals surface area contributed by atoms with Gasteiger partial charge in [-0.15, -0.1) is 0 Å². The lowest BCUT2D eigenvalue weighted by atomic mass is 9.57. The average Bonchev–Trinajstić information content (AvgIpc) is 2.68. The fourth-order valence-corrected chi connectivity index (χ4v) is 5.52. The molecule has 2 saturated carbocycles. The van der Waals surface area contributed by atoms with Crippen LogP contribution in [-0.2, 0) is 0 Å². The minimum Gasteiger partial charge on any atom is -0.465 e. The number of carbonyl (C=O) groups is 1. The highest BCUT2D eigenvalue weighted by atomic mass is 16.4. The molecule has 1 aromatic heterocycles. The second-order valence-corrected chi connectivity index (χ2v) is 9.16. The Hall–Kier alpha value is -1.92. The molecule has 7 heteroatoms. The second-order valence-electron chi connectivity index (χ2n) is 9.16. The number of aromatic nitrogens is 3. The molecule has 27 heavy (non-hydrogen) atoms. The van der Waals surface area contributed by atoms with Gasteiger partial charge in [-0.2, -0.15) is 4.98 Å². The van der Waals surface area contributed by atoms with Crippen LogP contribution < -0.4 is 4.90 Å². The zero-order valence-corrected chi connectivity index (χ0v) is 16.5. The van der Waals surface area contributed by atoms with Crippen LogP contribution in [0.3, 0.4) is 0 Å². The molecule has 1 amide bonds. The van der Waals surface area contributed by atoms with E-state index in [-0.39, 0.29) is 0 Å². The molecule has 1 N–H and O–H groups in total. The summed E-state index contributed by atoms with van der Waals surface area (Å²) in [5.41, 5.74) is 0.421. The molecule has 0 bridgehead atoms. The topological polar surface area (TPSA) is 82.5 Å². The van der Waals surface area contributed by atoms with Crippen LogP contribution in [0.25, 0.3) is 0 Å². The molecule has 2 heterocycles. The Kier molecular flexibility index (Phi) is 4.95. The van der Waals surface area contributed by atoms with Crippen molar-refractivity contribution in [3.05, 3.63) is 12.2 Å². The van der Waals surface area contributed by atoms with Crippen molar-refractivity contribution in [3.8, 4) is 0 Å². The van der Waals surface area contributed by atoms with Gasteiger partial charge in [0.2, 0.25) is 5.95 Å². The lowest BCUT2D eigenvalue weighted by molar-refractivity contribution is 0.0309. The van der Waals surface area contributed by atoms with Gasteiger partial charge in [-0.05, 0) is 42.9 Å². The Morgan fingerprint density at radius 1 is 1.15 bits per heavy atom. The van der Waals surface area contributed by atoms with Gasteiger partial charge in [0.05, 0.1) is 0 Å². The third-order valence-electron chi connectivity index (χ3n) is 7.17. The molecular weight excluding hydrogens is 342 g/mol. The van der Waals surface area contributed by atoms with Crippen LogP contribution in [-0.4, -0.2) is 57.2 Å². The predicted molar refractivity (Wildman–Crippen MR) is 103 cm³/mol. The maximum Gasteiger partial charge on any atom is 0.407 e. The van der Waals surface area contributed by atoms with Crippen molar-refractivity contribution in [2.24, 2.45) is 17.3 Å². The van der Waals surface area contributed by atoms with E-state index in [0.29, 0.717) is 43.5 Å². The van der Waals surface area contributed by atoms with Crippen molar-refractivity contribution in [2.45, 2.75) is 58.3 Å². The highest BCUT2D eigenvalue weighted by Gasteiger charge is 2.43. The summed E-state index contributed by atoms with van der Waals surface area (Å²) in [6.45, 7) is 7.14. The molecule has 0 spiro atoms. The first-order valence-electron chi connectivity index (χ1n) is 10.4. The highest BCUT2D eigenvalue weighted by molar-refractivity contribution is 5.65. The molecule has 3 fully saturated rings. The molecule has 3 unspecified atom stereocenters. The monoisotopic (exact) mass is 373 g/mol. The van der Waals surface area contributed by atoms with Gasteiger partial charge in [0.1, 0.15) is 12.2 Å². The Balaban J connectivity index is 1.46. The summed E-state index contributed by atoms with van der Waals surface area (Å²) >= 11 is 0. The maximum absolute atomic E-state index is 11.1. The first-order valence-corrected chi connectivity index (χ1v) is 10.4. The van der Waals surface area contributed by atoms with E-state index in [4.69, 9.17) is 10.1 Å². The number of rotatable bonds is 2. The third-order valence-corrected chi connectivity index (χ3v) is 7.17. The van der Waals surface area contributed by atoms with E-state index in [1.54, 1.807) is 6.33 Å². The van der Waals surface area contributed by atoms with Crippen LogP contribution in [0.15, 0.2) is 6.33 Å². The van der Waals surface area contributed by atoms with Gasteiger partial charge in [-0.1, -0.05) is 26.7 Å². The lowest BCUT2D eigenvalue weighted by Crippen LogP contribution is -2.49. The van der Waals surface area contributed by atoms with Gasteiger partial charge >= 0.3 is 6.09 Å². The number of piperazine rings is 1. The lowest BCUT2D eigenvalue weighted by Gasteiger charge is -2.48. The smallest absolute Gasteiger partial charge is 0.407 e. The van der Waals surface area contributed by atoms with Gasteiger partial charge < -0.3 is 14.9 Å². The number of carboxylic acid groups (broad SMARTS) is 1. The van der Waals surface area contributed by atoms with Gasteiger partial charge in [0, 0.05) is 32.1 Å². The number of hydrogen-bond donors (Lipinski definition) is 1. The fourth-order valence-electron chi connectivity index (χ4n) is 5.52. The van der Waals surface area contributed by atoms with Crippen molar-refractivity contribution < 1.29 is 9.90 Å². The summed E-state index contributed by atoms with van der Waals surface area (Å²) in [5, 5.41) is 9.11. The van der Waals surface area contributed by atoms with Crippen molar-refractivity contribution in [1.82, 2.24) is 19.9 Å². The van der Waals surface area contributed by atoms with E-state index in [1.807, 2.05) is 0 Å². The Bertz CT molecular complexity index is 687. The molecule has 0 aromatic carbocycles. The van der Waals surface area contributed by atoms with E-state index < -0.39 is 6.09 Å². The SMILES string of the molecule is CC1(C)CCCC2CCC(c3ncnc(N4CCN(C(=O)O)CC4)n3)CC21.